The van der Waals surface area contributed by atoms with E-state index in [1.165, 1.54) is 27.2 Å². The molecule has 13 nitrogen and oxygen atoms in total. The molecule has 2 saturated heterocycles. The maximum Gasteiger partial charge on any atom is 0.410 e. The van der Waals surface area contributed by atoms with Gasteiger partial charge >= 0.3 is 6.09 Å². The smallest absolute Gasteiger partial charge is 0.410 e. The van der Waals surface area contributed by atoms with Gasteiger partial charge in [-0.1, -0.05) is 81.5 Å². The number of carbonyl (C=O) groups is 4. The third kappa shape index (κ3) is 8.12. The third-order valence-corrected chi connectivity index (χ3v) is 15.0. The van der Waals surface area contributed by atoms with E-state index in [4.69, 9.17) is 9.72 Å². The van der Waals surface area contributed by atoms with Gasteiger partial charge in [-0.3, -0.25) is 24.0 Å². The number of ether oxygens (including phenoxy) is 1. The van der Waals surface area contributed by atoms with Gasteiger partial charge in [-0.25, -0.2) is 22.6 Å². The molecule has 8 rings (SSSR count). The highest BCUT2D eigenvalue weighted by molar-refractivity contribution is 7.91. The normalized spacial score (nSPS) is 27.9. The second kappa shape index (κ2) is 15.6. The van der Waals surface area contributed by atoms with Gasteiger partial charge in [0.2, 0.25) is 21.8 Å². The number of amides is 4. The topological polar surface area (TPSA) is 167 Å². The number of fused-ring (bicyclic) bond motifs is 3. The number of carbonyl (C=O) groups excluding carboxylic acids is 4. The molecule has 1 aromatic heterocycles. The van der Waals surface area contributed by atoms with Crippen LogP contribution in [-0.4, -0.2) is 82.5 Å². The van der Waals surface area contributed by atoms with E-state index in [0.29, 0.717) is 35.5 Å². The molecule has 4 amide bonds. The van der Waals surface area contributed by atoms with E-state index in [1.807, 2.05) is 44.2 Å². The molecule has 6 unspecified atom stereocenters. The number of hydrogen-bond acceptors (Lipinski definition) is 10. The Bertz CT molecular complexity index is 2160. The highest BCUT2D eigenvalue weighted by Gasteiger charge is 2.64. The molecule has 16 heteroatoms. The number of anilines is 1. The molecule has 6 atom stereocenters. The van der Waals surface area contributed by atoms with Crippen LogP contribution in [-0.2, 0) is 42.2 Å². The molecule has 304 valence electrons. The van der Waals surface area contributed by atoms with Crippen molar-refractivity contribution in [2.45, 2.75) is 120 Å². The van der Waals surface area contributed by atoms with Crippen molar-refractivity contribution in [1.29, 1.82) is 0 Å². The summed E-state index contributed by atoms with van der Waals surface area (Å²) in [5, 5.41) is 6.28. The lowest BCUT2D eigenvalue weighted by Gasteiger charge is -2.30. The summed E-state index contributed by atoms with van der Waals surface area (Å²) < 4.78 is 48.7. The lowest BCUT2D eigenvalue weighted by molar-refractivity contribution is -0.140. The Balaban J connectivity index is 1.07. The van der Waals surface area contributed by atoms with Crippen molar-refractivity contribution in [3.8, 4) is 11.3 Å². The van der Waals surface area contributed by atoms with Crippen LogP contribution in [0.4, 0.5) is 14.3 Å². The van der Waals surface area contributed by atoms with Gasteiger partial charge in [0.1, 0.15) is 29.5 Å². The zero-order valence-electron chi connectivity index (χ0n) is 32.2. The van der Waals surface area contributed by atoms with Crippen LogP contribution in [0.1, 0.15) is 87.1 Å². The average Bonchev–Trinajstić information content (AvgIpc) is 4.03. The molecule has 3 aromatic rings. The molecular formula is C41H49FN6O7S2. The van der Waals surface area contributed by atoms with E-state index in [-0.39, 0.29) is 50.2 Å². The van der Waals surface area contributed by atoms with Crippen molar-refractivity contribution in [1.82, 2.24) is 24.8 Å². The first kappa shape index (κ1) is 39.3. The minimum atomic E-state index is -3.90. The SMILES string of the molecule is Cc1sc(NC2CCCCCCC(C)C3CC3(C(=O)NS(=O)(=O)C3CC3)NC(=O)C3CC(OC(=O)N4Cc5cccc(F)c5C4)CN3C2=O)nc1-c1ccccc1. The number of aryl methyl sites for hydroxylation is 1. The van der Waals surface area contributed by atoms with E-state index in [1.54, 1.807) is 12.1 Å². The van der Waals surface area contributed by atoms with E-state index in [0.717, 1.165) is 48.2 Å². The minimum Gasteiger partial charge on any atom is -0.444 e. The predicted octanol–water partition coefficient (Wildman–Crippen LogP) is 5.63. The van der Waals surface area contributed by atoms with E-state index < -0.39 is 62.7 Å². The Labute approximate surface area is 336 Å². The summed E-state index contributed by atoms with van der Waals surface area (Å²) in [6.07, 6.45) is 4.26. The summed E-state index contributed by atoms with van der Waals surface area (Å²) in [6, 6.07) is 12.6. The zero-order valence-corrected chi connectivity index (χ0v) is 33.8. The van der Waals surface area contributed by atoms with Crippen molar-refractivity contribution < 1.29 is 36.7 Å². The number of hydrogen-bond donors (Lipinski definition) is 3. The van der Waals surface area contributed by atoms with Crippen LogP contribution in [0.25, 0.3) is 11.3 Å². The molecule has 57 heavy (non-hydrogen) atoms. The summed E-state index contributed by atoms with van der Waals surface area (Å²) in [4.78, 5) is 65.4. The van der Waals surface area contributed by atoms with Crippen LogP contribution >= 0.6 is 11.3 Å². The molecule has 0 bridgehead atoms. The highest BCUT2D eigenvalue weighted by Crippen LogP contribution is 2.51. The second-order valence-electron chi connectivity index (χ2n) is 16.4. The van der Waals surface area contributed by atoms with Crippen LogP contribution in [0.2, 0.25) is 0 Å². The standard InChI is InChI=1S/C41H49FN6O7S2/c1-24-11-6-3-4-9-16-33(43-39-44-35(25(2)56-39)26-12-7-5-8-13-26)37(50)48-22-28(55-40(52)47-21-27-14-10-15-32(42)30(27)23-47)19-34(48)36(49)45-41(20-31(24)41)38(51)46-57(53,54)29-17-18-29/h5,7-8,10,12-15,24,28-29,31,33-34H,3-4,6,9,11,16-23H2,1-2H3,(H,43,44)(H,45,49)(H,46,51). The van der Waals surface area contributed by atoms with Crippen LogP contribution in [0.3, 0.4) is 0 Å². The summed E-state index contributed by atoms with van der Waals surface area (Å²) >= 11 is 1.44. The van der Waals surface area contributed by atoms with Crippen LogP contribution < -0.4 is 15.4 Å². The van der Waals surface area contributed by atoms with Gasteiger partial charge in [0.15, 0.2) is 5.13 Å². The molecule has 3 N–H and O–H groups in total. The number of rotatable bonds is 7. The average molecular weight is 821 g/mol. The summed E-state index contributed by atoms with van der Waals surface area (Å²) in [7, 11) is -3.90. The van der Waals surface area contributed by atoms with Gasteiger partial charge in [-0.15, -0.1) is 11.3 Å². The van der Waals surface area contributed by atoms with Crippen LogP contribution in [0.15, 0.2) is 48.5 Å². The predicted molar refractivity (Wildman–Crippen MR) is 212 cm³/mol. The van der Waals surface area contributed by atoms with Gasteiger partial charge in [0.05, 0.1) is 24.0 Å². The van der Waals surface area contributed by atoms with Crippen LogP contribution in [0, 0.1) is 24.6 Å². The van der Waals surface area contributed by atoms with Gasteiger partial charge in [-0.05, 0) is 56.1 Å². The Hall–Kier alpha value is -4.57. The number of benzene rings is 2. The van der Waals surface area contributed by atoms with Crippen molar-refractivity contribution in [2.24, 2.45) is 11.8 Å². The van der Waals surface area contributed by atoms with Gasteiger partial charge in [0.25, 0.3) is 5.91 Å². The third-order valence-electron chi connectivity index (χ3n) is 12.3. The van der Waals surface area contributed by atoms with E-state index in [2.05, 4.69) is 15.4 Å². The largest absolute Gasteiger partial charge is 0.444 e. The summed E-state index contributed by atoms with van der Waals surface area (Å²) in [6.45, 7) is 4.12. The number of nitrogens with zero attached hydrogens (tertiary/aromatic N) is 3. The minimum absolute atomic E-state index is 0.0237. The van der Waals surface area contributed by atoms with Crippen molar-refractivity contribution in [3.05, 3.63) is 70.4 Å². The van der Waals surface area contributed by atoms with Gasteiger partial charge in [0, 0.05) is 29.0 Å². The molecule has 4 heterocycles. The molecular weight excluding hydrogens is 772 g/mol. The van der Waals surface area contributed by atoms with Crippen molar-refractivity contribution in [3.63, 3.8) is 0 Å². The molecule has 5 aliphatic rings. The lowest BCUT2D eigenvalue weighted by Crippen LogP contribution is -2.58. The van der Waals surface area contributed by atoms with Crippen LogP contribution in [0.5, 0.6) is 0 Å². The molecule has 2 aliphatic carbocycles. The summed E-state index contributed by atoms with van der Waals surface area (Å²) in [5.74, 6) is -2.41. The maximum absolute atomic E-state index is 14.8. The second-order valence-corrected chi connectivity index (χ2v) is 19.5. The lowest BCUT2D eigenvalue weighted by atomic mass is 9.94. The van der Waals surface area contributed by atoms with E-state index in [9.17, 15) is 32.0 Å². The molecule has 2 saturated carbocycles. The number of nitrogens with one attached hydrogen (secondary N) is 3. The quantitative estimate of drug-likeness (QED) is 0.274. The molecule has 4 fully saturated rings. The molecule has 3 aliphatic heterocycles. The first-order valence-corrected chi connectivity index (χ1v) is 22.4. The molecule has 0 spiro atoms. The van der Waals surface area contributed by atoms with Crippen molar-refractivity contribution in [2.75, 3.05) is 11.9 Å². The zero-order chi connectivity index (χ0) is 40.1. The fraction of sp³-hybridized carbons (Fsp3) is 0.537. The number of aromatic nitrogens is 1. The Morgan fingerprint density at radius 2 is 1.75 bits per heavy atom. The Morgan fingerprint density at radius 3 is 2.49 bits per heavy atom. The molecule has 0 radical (unpaired) electrons. The Kier molecular flexibility index (Phi) is 10.8. The van der Waals surface area contributed by atoms with Crippen molar-refractivity contribution >= 4 is 50.3 Å². The first-order valence-electron chi connectivity index (χ1n) is 20.0. The number of sulfonamides is 1. The monoisotopic (exact) mass is 820 g/mol. The van der Waals surface area contributed by atoms with E-state index >= 15 is 0 Å². The Morgan fingerprint density at radius 1 is 1.00 bits per heavy atom. The fourth-order valence-electron chi connectivity index (χ4n) is 8.82. The number of halogens is 1. The highest BCUT2D eigenvalue weighted by atomic mass is 32.2. The molecule has 2 aromatic carbocycles. The van der Waals surface area contributed by atoms with Gasteiger partial charge in [-0.2, -0.15) is 0 Å². The van der Waals surface area contributed by atoms with Gasteiger partial charge < -0.3 is 20.3 Å². The maximum atomic E-state index is 14.8. The number of thiazole rings is 1. The first-order chi connectivity index (χ1) is 27.3. The fourth-order valence-corrected chi connectivity index (χ4v) is 11.1. The summed E-state index contributed by atoms with van der Waals surface area (Å²) in [5.41, 5.74) is 1.40.